The van der Waals surface area contributed by atoms with Crippen molar-refractivity contribution in [2.45, 2.75) is 13.8 Å². The van der Waals surface area contributed by atoms with E-state index >= 15 is 0 Å². The smallest absolute Gasteiger partial charge is 0.0418 e. The van der Waals surface area contributed by atoms with E-state index in [-0.39, 0.29) is 5.92 Å². The van der Waals surface area contributed by atoms with Crippen LogP contribution in [0.2, 0.25) is 0 Å². The minimum atomic E-state index is -0.665. The Morgan fingerprint density at radius 1 is 0.708 bits per heavy atom. The number of rotatable bonds is 5. The molecule has 0 aliphatic carbocycles. The molecule has 0 aliphatic rings. The number of hydrogen-bond donors (Lipinski definition) is 1. The molecule has 0 heterocycles. The third-order valence-electron chi connectivity index (χ3n) is 4.04. The van der Waals surface area contributed by atoms with E-state index in [9.17, 15) is 0 Å². The van der Waals surface area contributed by atoms with E-state index in [4.69, 9.17) is 5.41 Å². The summed E-state index contributed by atoms with van der Waals surface area (Å²) in [7, 11) is -0.665. The molecule has 0 atom stereocenters. The number of nitrogens with one attached hydrogen (secondary N) is 1. The molecule has 0 amide bonds. The van der Waals surface area contributed by atoms with Gasteiger partial charge in [0.25, 0.3) is 0 Å². The summed E-state index contributed by atoms with van der Waals surface area (Å²) in [6.07, 6.45) is 0. The summed E-state index contributed by atoms with van der Waals surface area (Å²) in [4.78, 5) is 0. The Labute approximate surface area is 145 Å². The molecule has 3 aromatic carbocycles. The second-order valence-corrected chi connectivity index (χ2v) is 8.28. The van der Waals surface area contributed by atoms with Crippen LogP contribution in [-0.2, 0) is 0 Å². The molecule has 120 valence electrons. The van der Waals surface area contributed by atoms with Gasteiger partial charge >= 0.3 is 0 Å². The molecule has 1 nitrogen and oxygen atoms in total. The normalized spacial score (nSPS) is 11.0. The summed E-state index contributed by atoms with van der Waals surface area (Å²) in [6.45, 7) is 4.18. The SMILES string of the molecule is CC(C)C(=N)c1ccccc1P(c1ccccc1)c1ccccc1. The first kappa shape index (κ1) is 16.6. The van der Waals surface area contributed by atoms with Crippen LogP contribution < -0.4 is 15.9 Å². The number of hydrogen-bond acceptors (Lipinski definition) is 1. The summed E-state index contributed by atoms with van der Waals surface area (Å²) in [5.41, 5.74) is 1.79. The molecule has 3 rings (SSSR count). The minimum absolute atomic E-state index is 0.217. The first-order valence-corrected chi connectivity index (χ1v) is 9.60. The van der Waals surface area contributed by atoms with Crippen LogP contribution in [0.15, 0.2) is 84.9 Å². The lowest BCUT2D eigenvalue weighted by atomic mass is 10.0. The van der Waals surface area contributed by atoms with Gasteiger partial charge in [0.1, 0.15) is 0 Å². The standard InChI is InChI=1S/C22H22NP/c1-17(2)22(23)20-15-9-10-16-21(20)24(18-11-5-3-6-12-18)19-13-7-4-8-14-19/h3-17,23H,1-2H3. The molecule has 2 heteroatoms. The Kier molecular flexibility index (Phi) is 5.23. The summed E-state index contributed by atoms with van der Waals surface area (Å²) in [5.74, 6) is 0.217. The van der Waals surface area contributed by atoms with E-state index in [2.05, 4.69) is 92.7 Å². The zero-order valence-electron chi connectivity index (χ0n) is 14.1. The molecule has 0 fully saturated rings. The average Bonchev–Trinajstić information content (AvgIpc) is 2.63. The highest BCUT2D eigenvalue weighted by molar-refractivity contribution is 7.80. The average molecular weight is 331 g/mol. The van der Waals surface area contributed by atoms with Crippen molar-refractivity contribution in [3.63, 3.8) is 0 Å². The van der Waals surface area contributed by atoms with Crippen molar-refractivity contribution in [3.05, 3.63) is 90.5 Å². The second-order valence-electron chi connectivity index (χ2n) is 6.09. The molecule has 0 unspecified atom stereocenters. The zero-order valence-corrected chi connectivity index (χ0v) is 15.0. The maximum Gasteiger partial charge on any atom is 0.0418 e. The maximum atomic E-state index is 8.55. The van der Waals surface area contributed by atoms with Crippen molar-refractivity contribution >= 4 is 29.5 Å². The van der Waals surface area contributed by atoms with Gasteiger partial charge in [0.2, 0.25) is 0 Å². The van der Waals surface area contributed by atoms with Crippen LogP contribution in [0.25, 0.3) is 0 Å². The van der Waals surface area contributed by atoms with Crippen LogP contribution in [0.1, 0.15) is 19.4 Å². The fourth-order valence-electron chi connectivity index (χ4n) is 2.79. The third-order valence-corrected chi connectivity index (χ3v) is 6.54. The largest absolute Gasteiger partial charge is 0.304 e. The zero-order chi connectivity index (χ0) is 16.9. The van der Waals surface area contributed by atoms with Gasteiger partial charge < -0.3 is 5.41 Å². The number of benzene rings is 3. The molecule has 24 heavy (non-hydrogen) atoms. The molecule has 0 radical (unpaired) electrons. The van der Waals surface area contributed by atoms with Crippen LogP contribution in [0.3, 0.4) is 0 Å². The van der Waals surface area contributed by atoms with Gasteiger partial charge in [-0.3, -0.25) is 0 Å². The third kappa shape index (κ3) is 3.47. The van der Waals surface area contributed by atoms with Crippen molar-refractivity contribution in [1.82, 2.24) is 0 Å². The molecule has 1 N–H and O–H groups in total. The van der Waals surface area contributed by atoms with Crippen LogP contribution in [0.5, 0.6) is 0 Å². The van der Waals surface area contributed by atoms with Crippen LogP contribution in [0.4, 0.5) is 0 Å². The quantitative estimate of drug-likeness (QED) is 0.527. The van der Waals surface area contributed by atoms with Crippen molar-refractivity contribution in [1.29, 1.82) is 5.41 Å². The van der Waals surface area contributed by atoms with E-state index in [0.29, 0.717) is 5.71 Å². The van der Waals surface area contributed by atoms with Gasteiger partial charge in [-0.1, -0.05) is 98.8 Å². The van der Waals surface area contributed by atoms with Crippen molar-refractivity contribution in [2.75, 3.05) is 0 Å². The summed E-state index contributed by atoms with van der Waals surface area (Å²) in [5, 5.41) is 12.5. The lowest BCUT2D eigenvalue weighted by Crippen LogP contribution is -2.26. The van der Waals surface area contributed by atoms with E-state index in [0.717, 1.165) is 5.56 Å². The Balaban J connectivity index is 2.20. The fourth-order valence-corrected chi connectivity index (χ4v) is 5.25. The van der Waals surface area contributed by atoms with Gasteiger partial charge in [0.15, 0.2) is 0 Å². The van der Waals surface area contributed by atoms with Crippen molar-refractivity contribution < 1.29 is 0 Å². The van der Waals surface area contributed by atoms with Crippen LogP contribution in [0, 0.1) is 11.3 Å². The van der Waals surface area contributed by atoms with Crippen LogP contribution in [-0.4, -0.2) is 5.71 Å². The molecule has 0 spiro atoms. The summed E-state index contributed by atoms with van der Waals surface area (Å²) >= 11 is 0. The van der Waals surface area contributed by atoms with Crippen molar-refractivity contribution in [3.8, 4) is 0 Å². The van der Waals surface area contributed by atoms with Gasteiger partial charge in [-0.25, -0.2) is 0 Å². The first-order valence-electron chi connectivity index (χ1n) is 8.26. The monoisotopic (exact) mass is 331 g/mol. The van der Waals surface area contributed by atoms with Crippen LogP contribution >= 0.6 is 7.92 Å². The fraction of sp³-hybridized carbons (Fsp3) is 0.136. The molecule has 0 bridgehead atoms. The van der Waals surface area contributed by atoms with Gasteiger partial charge in [-0.2, -0.15) is 0 Å². The molecular formula is C22H22NP. The van der Waals surface area contributed by atoms with E-state index in [1.807, 2.05) is 6.07 Å². The highest BCUT2D eigenvalue weighted by Gasteiger charge is 2.21. The summed E-state index contributed by atoms with van der Waals surface area (Å²) < 4.78 is 0. The maximum absolute atomic E-state index is 8.55. The Morgan fingerprint density at radius 2 is 1.17 bits per heavy atom. The predicted octanol–water partition coefficient (Wildman–Crippen LogP) is 4.47. The van der Waals surface area contributed by atoms with Gasteiger partial charge in [-0.15, -0.1) is 0 Å². The van der Waals surface area contributed by atoms with E-state index in [1.54, 1.807) is 0 Å². The highest BCUT2D eigenvalue weighted by Crippen LogP contribution is 2.34. The molecule has 0 saturated heterocycles. The molecular weight excluding hydrogens is 309 g/mol. The van der Waals surface area contributed by atoms with Crippen molar-refractivity contribution in [2.24, 2.45) is 5.92 Å². The predicted molar refractivity (Wildman–Crippen MR) is 107 cm³/mol. The Morgan fingerprint density at radius 3 is 1.67 bits per heavy atom. The Hall–Kier alpha value is -2.24. The Bertz CT molecular complexity index is 770. The minimum Gasteiger partial charge on any atom is -0.304 e. The van der Waals surface area contributed by atoms with Gasteiger partial charge in [0, 0.05) is 11.3 Å². The van der Waals surface area contributed by atoms with Gasteiger partial charge in [-0.05, 0) is 29.8 Å². The van der Waals surface area contributed by atoms with Gasteiger partial charge in [0.05, 0.1) is 0 Å². The molecule has 0 aromatic heterocycles. The highest BCUT2D eigenvalue weighted by atomic mass is 31.1. The first-order chi connectivity index (χ1) is 11.7. The topological polar surface area (TPSA) is 23.9 Å². The van der Waals surface area contributed by atoms with E-state index in [1.165, 1.54) is 15.9 Å². The molecule has 0 aliphatic heterocycles. The molecule has 0 saturated carbocycles. The second kappa shape index (κ2) is 7.55. The van der Waals surface area contributed by atoms with E-state index < -0.39 is 7.92 Å². The molecule has 3 aromatic rings. The summed E-state index contributed by atoms with van der Waals surface area (Å²) in [6, 6.07) is 29.8. The lowest BCUT2D eigenvalue weighted by Gasteiger charge is -2.23. The lowest BCUT2D eigenvalue weighted by molar-refractivity contribution is 0.878.